The summed E-state index contributed by atoms with van der Waals surface area (Å²) >= 11 is 0. The van der Waals surface area contributed by atoms with E-state index in [-0.39, 0.29) is 6.61 Å². The average molecular weight is 278 g/mol. The minimum absolute atomic E-state index is 0.107. The molecular formula is C16H14N4O. The number of aromatic nitrogens is 2. The van der Waals surface area contributed by atoms with Crippen LogP contribution < -0.4 is 10.6 Å². The molecule has 4 rings (SSSR count). The second kappa shape index (κ2) is 4.36. The van der Waals surface area contributed by atoms with Crippen molar-refractivity contribution >= 4 is 22.4 Å². The summed E-state index contributed by atoms with van der Waals surface area (Å²) in [5, 5.41) is 15.9. The van der Waals surface area contributed by atoms with E-state index in [2.05, 4.69) is 22.2 Å². The number of hydrogen-bond donors (Lipinski definition) is 3. The van der Waals surface area contributed by atoms with E-state index in [0.29, 0.717) is 5.82 Å². The third-order valence-electron chi connectivity index (χ3n) is 3.60. The molecule has 0 spiro atoms. The normalized spacial score (nSPS) is 13.1. The molecule has 5 heteroatoms. The van der Waals surface area contributed by atoms with Gasteiger partial charge in [-0.05, 0) is 30.3 Å². The Morgan fingerprint density at radius 2 is 1.90 bits per heavy atom. The van der Waals surface area contributed by atoms with Crippen molar-refractivity contribution < 1.29 is 5.11 Å². The van der Waals surface area contributed by atoms with Crippen molar-refractivity contribution in [3.8, 4) is 5.69 Å². The van der Waals surface area contributed by atoms with E-state index in [9.17, 15) is 5.11 Å². The molecule has 0 saturated heterocycles. The van der Waals surface area contributed by atoms with Gasteiger partial charge in [0.25, 0.3) is 0 Å². The Morgan fingerprint density at radius 3 is 2.76 bits per heavy atom. The van der Waals surface area contributed by atoms with Crippen LogP contribution in [0.15, 0.2) is 54.9 Å². The molecule has 0 bridgehead atoms. The number of fused-ring (bicyclic) bond motifs is 2. The highest BCUT2D eigenvalue weighted by atomic mass is 16.3. The molecule has 0 saturated carbocycles. The Balaban J connectivity index is 1.94. The molecule has 0 aliphatic carbocycles. The molecule has 3 aromatic rings. The van der Waals surface area contributed by atoms with Gasteiger partial charge >= 0.3 is 0 Å². The largest absolute Gasteiger partial charge is 0.388 e. The molecule has 0 radical (unpaired) electrons. The fraction of sp³-hybridized carbons (Fsp3) is 0.0625. The van der Waals surface area contributed by atoms with Gasteiger partial charge in [0.05, 0.1) is 22.4 Å². The van der Waals surface area contributed by atoms with Crippen LogP contribution >= 0.6 is 0 Å². The van der Waals surface area contributed by atoms with Crippen LogP contribution in [-0.2, 0) is 6.61 Å². The van der Waals surface area contributed by atoms with Gasteiger partial charge in [-0.3, -0.25) is 4.57 Å². The standard InChI is InChI=1S/C16H14N4O/c1-10-17-12-7-6-11(8-14(12)18-10)20-15-5-3-2-4-13(15)19-16(20)9-21/h2-8,17-18,21H,1,9H2. The van der Waals surface area contributed by atoms with Gasteiger partial charge in [0, 0.05) is 5.69 Å². The lowest BCUT2D eigenvalue weighted by molar-refractivity contribution is 0.270. The molecule has 1 aromatic heterocycles. The topological polar surface area (TPSA) is 62.1 Å². The summed E-state index contributed by atoms with van der Waals surface area (Å²) in [5.74, 6) is 1.39. The average Bonchev–Trinajstić information content (AvgIpc) is 3.05. The van der Waals surface area contributed by atoms with Crippen LogP contribution in [0, 0.1) is 0 Å². The van der Waals surface area contributed by atoms with E-state index >= 15 is 0 Å². The number of nitrogens with zero attached hydrogens (tertiary/aromatic N) is 2. The van der Waals surface area contributed by atoms with E-state index < -0.39 is 0 Å². The molecule has 0 fully saturated rings. The van der Waals surface area contributed by atoms with E-state index in [0.717, 1.165) is 33.9 Å². The van der Waals surface area contributed by atoms with Gasteiger partial charge in [0.2, 0.25) is 0 Å². The Hall–Kier alpha value is -2.79. The fourth-order valence-corrected chi connectivity index (χ4v) is 2.71. The molecule has 2 aromatic carbocycles. The van der Waals surface area contributed by atoms with Crippen molar-refractivity contribution in [2.45, 2.75) is 6.61 Å². The summed E-state index contributed by atoms with van der Waals surface area (Å²) in [5.41, 5.74) is 4.78. The smallest absolute Gasteiger partial charge is 0.140 e. The van der Waals surface area contributed by atoms with Crippen LogP contribution in [0.5, 0.6) is 0 Å². The molecule has 5 nitrogen and oxygen atoms in total. The van der Waals surface area contributed by atoms with Crippen LogP contribution in [0.2, 0.25) is 0 Å². The second-order valence-corrected chi connectivity index (χ2v) is 4.97. The molecule has 1 aliphatic rings. The van der Waals surface area contributed by atoms with Crippen LogP contribution in [0.25, 0.3) is 16.7 Å². The maximum atomic E-state index is 9.59. The number of nitrogens with one attached hydrogen (secondary N) is 2. The number of aliphatic hydroxyl groups is 1. The summed E-state index contributed by atoms with van der Waals surface area (Å²) in [4.78, 5) is 4.48. The van der Waals surface area contributed by atoms with Crippen molar-refractivity contribution in [3.63, 3.8) is 0 Å². The maximum Gasteiger partial charge on any atom is 0.140 e. The van der Waals surface area contributed by atoms with Gasteiger partial charge in [0.1, 0.15) is 18.3 Å². The maximum absolute atomic E-state index is 9.59. The SMILES string of the molecule is C=C1Nc2ccc(-n3c(CO)nc4ccccc43)cc2N1. The van der Waals surface area contributed by atoms with Gasteiger partial charge in [0.15, 0.2) is 0 Å². The third kappa shape index (κ3) is 1.79. The molecule has 3 N–H and O–H groups in total. The number of rotatable bonds is 2. The Morgan fingerprint density at radius 1 is 1.10 bits per heavy atom. The predicted octanol–water partition coefficient (Wildman–Crippen LogP) is 2.83. The summed E-state index contributed by atoms with van der Waals surface area (Å²) in [6.07, 6.45) is 0. The number of benzene rings is 2. The summed E-state index contributed by atoms with van der Waals surface area (Å²) < 4.78 is 1.97. The van der Waals surface area contributed by atoms with Crippen LogP contribution in [0.3, 0.4) is 0 Å². The molecular weight excluding hydrogens is 264 g/mol. The van der Waals surface area contributed by atoms with E-state index in [1.165, 1.54) is 0 Å². The first kappa shape index (κ1) is 12.0. The zero-order chi connectivity index (χ0) is 14.4. The molecule has 0 amide bonds. The Bertz CT molecular complexity index is 866. The van der Waals surface area contributed by atoms with Crippen molar-refractivity contribution in [2.75, 3.05) is 10.6 Å². The van der Waals surface area contributed by atoms with Crippen LogP contribution in [-0.4, -0.2) is 14.7 Å². The lowest BCUT2D eigenvalue weighted by Gasteiger charge is -2.09. The van der Waals surface area contributed by atoms with Crippen molar-refractivity contribution in [1.29, 1.82) is 0 Å². The number of hydrogen-bond acceptors (Lipinski definition) is 4. The van der Waals surface area contributed by atoms with Crippen molar-refractivity contribution in [3.05, 3.63) is 60.7 Å². The Labute approximate surface area is 121 Å². The third-order valence-corrected chi connectivity index (χ3v) is 3.60. The molecule has 0 unspecified atom stereocenters. The summed E-state index contributed by atoms with van der Waals surface area (Å²) in [7, 11) is 0. The van der Waals surface area contributed by atoms with Gasteiger partial charge < -0.3 is 15.7 Å². The summed E-state index contributed by atoms with van der Waals surface area (Å²) in [6, 6.07) is 13.9. The molecule has 2 heterocycles. The van der Waals surface area contributed by atoms with Gasteiger partial charge in [-0.15, -0.1) is 0 Å². The molecule has 21 heavy (non-hydrogen) atoms. The first-order chi connectivity index (χ1) is 10.3. The van der Waals surface area contributed by atoms with E-state index in [4.69, 9.17) is 0 Å². The zero-order valence-electron chi connectivity index (χ0n) is 11.3. The van der Waals surface area contributed by atoms with Gasteiger partial charge in [-0.25, -0.2) is 4.98 Å². The second-order valence-electron chi connectivity index (χ2n) is 4.97. The first-order valence-electron chi connectivity index (χ1n) is 6.71. The minimum atomic E-state index is -0.107. The molecule has 104 valence electrons. The number of para-hydroxylation sites is 2. The van der Waals surface area contributed by atoms with Crippen LogP contribution in [0.4, 0.5) is 11.4 Å². The van der Waals surface area contributed by atoms with E-state index in [1.54, 1.807) is 0 Å². The lowest BCUT2D eigenvalue weighted by atomic mass is 10.2. The minimum Gasteiger partial charge on any atom is -0.388 e. The molecule has 1 aliphatic heterocycles. The quantitative estimate of drug-likeness (QED) is 0.674. The number of anilines is 2. The van der Waals surface area contributed by atoms with Gasteiger partial charge in [-0.1, -0.05) is 18.7 Å². The zero-order valence-corrected chi connectivity index (χ0v) is 11.3. The van der Waals surface area contributed by atoms with Crippen molar-refractivity contribution in [2.24, 2.45) is 0 Å². The lowest BCUT2D eigenvalue weighted by Crippen LogP contribution is -2.01. The Kier molecular flexibility index (Phi) is 2.49. The number of aliphatic hydroxyl groups excluding tert-OH is 1. The predicted molar refractivity (Wildman–Crippen MR) is 83.4 cm³/mol. The highest BCUT2D eigenvalue weighted by molar-refractivity contribution is 5.83. The fourth-order valence-electron chi connectivity index (χ4n) is 2.71. The monoisotopic (exact) mass is 278 g/mol. The van der Waals surface area contributed by atoms with Crippen LogP contribution in [0.1, 0.15) is 5.82 Å². The van der Waals surface area contributed by atoms with E-state index in [1.807, 2.05) is 47.0 Å². The number of imidazole rings is 1. The summed E-state index contributed by atoms with van der Waals surface area (Å²) in [6.45, 7) is 3.76. The first-order valence-corrected chi connectivity index (χ1v) is 6.71. The highest BCUT2D eigenvalue weighted by Crippen LogP contribution is 2.33. The highest BCUT2D eigenvalue weighted by Gasteiger charge is 2.16. The van der Waals surface area contributed by atoms with Gasteiger partial charge in [-0.2, -0.15) is 0 Å². The molecule has 0 atom stereocenters. The van der Waals surface area contributed by atoms with Crippen molar-refractivity contribution in [1.82, 2.24) is 9.55 Å².